The number of pyridine rings is 1. The molecule has 26 heavy (non-hydrogen) atoms. The zero-order valence-corrected chi connectivity index (χ0v) is 16.2. The van der Waals surface area contributed by atoms with Crippen LogP contribution < -0.4 is 0 Å². The normalized spacial score (nSPS) is 27.3. The maximum atomic E-state index is 13.6. The van der Waals surface area contributed by atoms with Crippen molar-refractivity contribution in [3.05, 3.63) is 30.1 Å². The first-order chi connectivity index (χ1) is 12.5. The first-order valence-corrected chi connectivity index (χ1v) is 9.53. The molecule has 144 valence electrons. The molecule has 0 saturated carbocycles. The monoisotopic (exact) mass is 361 g/mol. The number of piperazine rings is 1. The van der Waals surface area contributed by atoms with E-state index in [0.29, 0.717) is 18.7 Å². The van der Waals surface area contributed by atoms with Crippen LogP contribution in [0.15, 0.2) is 24.4 Å². The van der Waals surface area contributed by atoms with Crippen molar-refractivity contribution in [1.82, 2.24) is 14.8 Å². The van der Waals surface area contributed by atoms with Gasteiger partial charge in [-0.25, -0.2) is 0 Å². The van der Waals surface area contributed by atoms with Crippen molar-refractivity contribution >= 4 is 5.78 Å². The molecule has 0 spiro atoms. The van der Waals surface area contributed by atoms with E-state index in [1.165, 1.54) is 0 Å². The van der Waals surface area contributed by atoms with Crippen LogP contribution in [0, 0.1) is 0 Å². The highest BCUT2D eigenvalue weighted by atomic mass is 16.5. The molecule has 2 aliphatic heterocycles. The molecule has 1 unspecified atom stereocenters. The van der Waals surface area contributed by atoms with E-state index in [-0.39, 0.29) is 11.4 Å². The first kappa shape index (κ1) is 19.4. The van der Waals surface area contributed by atoms with Crippen LogP contribution in [0.4, 0.5) is 0 Å². The predicted octanol–water partition coefficient (Wildman–Crippen LogP) is 1.86. The lowest BCUT2D eigenvalue weighted by Crippen LogP contribution is -2.65. The smallest absolute Gasteiger partial charge is 0.201 e. The quantitative estimate of drug-likeness (QED) is 0.721. The van der Waals surface area contributed by atoms with Crippen LogP contribution >= 0.6 is 0 Å². The Balaban J connectivity index is 1.82. The Morgan fingerprint density at radius 3 is 2.65 bits per heavy atom. The van der Waals surface area contributed by atoms with Crippen molar-refractivity contribution in [3.63, 3.8) is 0 Å². The minimum Gasteiger partial charge on any atom is -0.383 e. The molecule has 1 atom stereocenters. The fourth-order valence-electron chi connectivity index (χ4n) is 4.30. The molecule has 1 aromatic heterocycles. The molecule has 0 aromatic carbocycles. The molecule has 3 heterocycles. The second-order valence-corrected chi connectivity index (χ2v) is 7.93. The summed E-state index contributed by atoms with van der Waals surface area (Å²) in [6, 6.07) is 5.58. The fraction of sp³-hybridized carbons (Fsp3) is 0.700. The number of methoxy groups -OCH3 is 1. The minimum atomic E-state index is -0.524. The van der Waals surface area contributed by atoms with Gasteiger partial charge in [0.15, 0.2) is 0 Å². The Hall–Kier alpha value is -1.34. The summed E-state index contributed by atoms with van der Waals surface area (Å²) in [5.41, 5.74) is -0.272. The number of aromatic nitrogens is 1. The first-order valence-electron chi connectivity index (χ1n) is 9.53. The lowest BCUT2D eigenvalue weighted by molar-refractivity contribution is -0.113. The molecule has 0 bridgehead atoms. The van der Waals surface area contributed by atoms with E-state index in [9.17, 15) is 4.79 Å². The summed E-state index contributed by atoms with van der Waals surface area (Å²) < 4.78 is 11.1. The third kappa shape index (κ3) is 4.14. The molecule has 0 aliphatic carbocycles. The van der Waals surface area contributed by atoms with E-state index in [2.05, 4.69) is 28.6 Å². The van der Waals surface area contributed by atoms with Crippen LogP contribution in [0.25, 0.3) is 0 Å². The Bertz CT molecular complexity index is 600. The van der Waals surface area contributed by atoms with Gasteiger partial charge in [-0.3, -0.25) is 19.6 Å². The number of hydrogen-bond acceptors (Lipinski definition) is 6. The average molecular weight is 361 g/mol. The second kappa shape index (κ2) is 8.13. The van der Waals surface area contributed by atoms with Crippen LogP contribution in [0.3, 0.4) is 0 Å². The topological polar surface area (TPSA) is 54.9 Å². The van der Waals surface area contributed by atoms with Gasteiger partial charge in [0.05, 0.1) is 17.7 Å². The van der Waals surface area contributed by atoms with Gasteiger partial charge in [0.1, 0.15) is 5.69 Å². The maximum absolute atomic E-state index is 13.6. The number of hydrogen-bond donors (Lipinski definition) is 0. The summed E-state index contributed by atoms with van der Waals surface area (Å²) in [7, 11) is 1.74. The van der Waals surface area contributed by atoms with Crippen LogP contribution in [-0.2, 0) is 9.47 Å². The largest absolute Gasteiger partial charge is 0.383 e. The number of ether oxygens (including phenoxy) is 2. The molecule has 0 radical (unpaired) electrons. The van der Waals surface area contributed by atoms with Gasteiger partial charge >= 0.3 is 0 Å². The third-order valence-corrected chi connectivity index (χ3v) is 5.64. The van der Waals surface area contributed by atoms with Crippen LogP contribution in [0.1, 0.15) is 37.2 Å². The summed E-state index contributed by atoms with van der Waals surface area (Å²) in [5.74, 6) is 0.139. The van der Waals surface area contributed by atoms with E-state index in [0.717, 1.165) is 45.8 Å². The number of nitrogens with zero attached hydrogens (tertiary/aromatic N) is 3. The lowest BCUT2D eigenvalue weighted by Gasteiger charge is -2.52. The van der Waals surface area contributed by atoms with E-state index in [4.69, 9.17) is 9.47 Å². The van der Waals surface area contributed by atoms with Crippen molar-refractivity contribution in [1.29, 1.82) is 0 Å². The Morgan fingerprint density at radius 2 is 2.04 bits per heavy atom. The highest BCUT2D eigenvalue weighted by Gasteiger charge is 2.51. The zero-order valence-electron chi connectivity index (χ0n) is 16.2. The van der Waals surface area contributed by atoms with Crippen molar-refractivity contribution in [2.45, 2.75) is 37.8 Å². The van der Waals surface area contributed by atoms with Crippen LogP contribution in [0.5, 0.6) is 0 Å². The van der Waals surface area contributed by atoms with E-state index in [1.807, 2.05) is 18.2 Å². The lowest BCUT2D eigenvalue weighted by atomic mass is 9.75. The van der Waals surface area contributed by atoms with E-state index < -0.39 is 5.54 Å². The highest BCUT2D eigenvalue weighted by molar-refractivity contribution is 6.02. The molecular weight excluding hydrogens is 330 g/mol. The van der Waals surface area contributed by atoms with Crippen LogP contribution in [-0.4, -0.2) is 84.8 Å². The molecular formula is C20H31N3O3. The molecule has 0 amide bonds. The van der Waals surface area contributed by atoms with E-state index >= 15 is 0 Å². The molecule has 6 heteroatoms. The average Bonchev–Trinajstić information content (AvgIpc) is 2.66. The van der Waals surface area contributed by atoms with Crippen molar-refractivity contribution < 1.29 is 14.3 Å². The molecule has 2 saturated heterocycles. The number of carbonyl (C=O) groups is 1. The SMILES string of the molecule is COCCN1CCN(C2(C(=O)c3ccccn3)CCOC(C)(C)C2)CC1. The Kier molecular flexibility index (Phi) is 6.07. The molecule has 2 aliphatic rings. The summed E-state index contributed by atoms with van der Waals surface area (Å²) in [6.07, 6.45) is 3.13. The van der Waals surface area contributed by atoms with Gasteiger partial charge in [0.25, 0.3) is 0 Å². The number of Topliss-reactive ketones (excluding diaryl/α,β-unsaturated/α-hetero) is 1. The third-order valence-electron chi connectivity index (χ3n) is 5.64. The van der Waals surface area contributed by atoms with Gasteiger partial charge in [-0.15, -0.1) is 0 Å². The summed E-state index contributed by atoms with van der Waals surface area (Å²) in [4.78, 5) is 22.7. The highest BCUT2D eigenvalue weighted by Crippen LogP contribution is 2.39. The van der Waals surface area contributed by atoms with Crippen molar-refractivity contribution in [2.75, 3.05) is 53.0 Å². The van der Waals surface area contributed by atoms with Gasteiger partial charge in [0.2, 0.25) is 5.78 Å². The standard InChI is InChI=1S/C20H31N3O3/c1-19(2)16-20(7-14-26-19,18(24)17-6-4-5-8-21-17)23-11-9-22(10-12-23)13-15-25-3/h4-6,8H,7,9-16H2,1-3H3. The summed E-state index contributed by atoms with van der Waals surface area (Å²) >= 11 is 0. The van der Waals surface area contributed by atoms with E-state index in [1.54, 1.807) is 13.3 Å². The fourth-order valence-corrected chi connectivity index (χ4v) is 4.30. The zero-order chi connectivity index (χ0) is 18.6. The second-order valence-electron chi connectivity index (χ2n) is 7.93. The minimum absolute atomic E-state index is 0.139. The van der Waals surface area contributed by atoms with Gasteiger partial charge in [-0.05, 0) is 32.4 Å². The predicted molar refractivity (Wildman–Crippen MR) is 100 cm³/mol. The van der Waals surface area contributed by atoms with Gasteiger partial charge < -0.3 is 9.47 Å². The van der Waals surface area contributed by atoms with Gasteiger partial charge in [0, 0.05) is 59.1 Å². The molecule has 2 fully saturated rings. The Morgan fingerprint density at radius 1 is 1.27 bits per heavy atom. The van der Waals surface area contributed by atoms with Crippen molar-refractivity contribution in [3.8, 4) is 0 Å². The Labute approximate surface area is 156 Å². The molecule has 0 N–H and O–H groups in total. The van der Waals surface area contributed by atoms with Crippen LogP contribution in [0.2, 0.25) is 0 Å². The number of carbonyl (C=O) groups excluding carboxylic acids is 1. The summed E-state index contributed by atoms with van der Waals surface area (Å²) in [5, 5.41) is 0. The molecule has 6 nitrogen and oxygen atoms in total. The van der Waals surface area contributed by atoms with Gasteiger partial charge in [-0.1, -0.05) is 6.07 Å². The molecule has 1 aromatic rings. The van der Waals surface area contributed by atoms with Crippen molar-refractivity contribution in [2.24, 2.45) is 0 Å². The number of rotatable bonds is 6. The molecule has 3 rings (SSSR count). The maximum Gasteiger partial charge on any atom is 0.201 e. The van der Waals surface area contributed by atoms with Gasteiger partial charge in [-0.2, -0.15) is 0 Å². The summed E-state index contributed by atoms with van der Waals surface area (Å²) in [6.45, 7) is 10.2. The number of ketones is 1.